The normalized spacial score (nSPS) is 12.4. The molecule has 0 fully saturated rings. The van der Waals surface area contributed by atoms with Crippen molar-refractivity contribution in [3.05, 3.63) is 29.8 Å². The van der Waals surface area contributed by atoms with Gasteiger partial charge in [-0.15, -0.1) is 0 Å². The summed E-state index contributed by atoms with van der Waals surface area (Å²) in [5.41, 5.74) is 0.938. The first-order valence-corrected chi connectivity index (χ1v) is 10.5. The van der Waals surface area contributed by atoms with E-state index >= 15 is 0 Å². The first-order valence-electron chi connectivity index (χ1n) is 9.02. The number of methoxy groups -OCH3 is 1. The van der Waals surface area contributed by atoms with Gasteiger partial charge < -0.3 is 20.1 Å². The van der Waals surface area contributed by atoms with Gasteiger partial charge in [0, 0.05) is 40.9 Å². The largest absolute Gasteiger partial charge is 0.382 e. The average molecular weight is 401 g/mol. The molecule has 0 saturated heterocycles. The van der Waals surface area contributed by atoms with Crippen molar-refractivity contribution in [1.82, 2.24) is 14.9 Å². The maximum Gasteiger partial charge on any atom is 0.242 e. The molecule has 0 saturated carbocycles. The zero-order valence-corrected chi connectivity index (χ0v) is 17.5. The number of benzene rings is 1. The molecule has 1 rings (SSSR count). The van der Waals surface area contributed by atoms with E-state index in [-0.39, 0.29) is 4.90 Å². The number of rotatable bonds is 12. The number of hydrogen-bond acceptors (Lipinski definition) is 5. The van der Waals surface area contributed by atoms with Crippen LogP contribution in [0.15, 0.2) is 34.2 Å². The van der Waals surface area contributed by atoms with Crippen molar-refractivity contribution in [2.75, 3.05) is 54.1 Å². The minimum absolute atomic E-state index is 0.277. The number of ether oxygens (including phenoxy) is 2. The highest BCUT2D eigenvalue weighted by Gasteiger charge is 2.16. The quantitative estimate of drug-likeness (QED) is 0.309. The predicted molar refractivity (Wildman–Crippen MR) is 107 cm³/mol. The van der Waals surface area contributed by atoms with Gasteiger partial charge in [0.25, 0.3) is 0 Å². The summed E-state index contributed by atoms with van der Waals surface area (Å²) in [4.78, 5) is 4.81. The van der Waals surface area contributed by atoms with Crippen LogP contribution in [0, 0.1) is 0 Å². The van der Waals surface area contributed by atoms with E-state index in [1.807, 2.05) is 6.92 Å². The molecule has 9 heteroatoms. The number of guanidine groups is 1. The fourth-order valence-electron chi connectivity index (χ4n) is 2.12. The highest BCUT2D eigenvalue weighted by Crippen LogP contribution is 2.14. The van der Waals surface area contributed by atoms with Crippen molar-refractivity contribution in [2.45, 2.75) is 24.8 Å². The summed E-state index contributed by atoms with van der Waals surface area (Å²) in [6.45, 7) is 5.84. The van der Waals surface area contributed by atoms with Crippen LogP contribution in [0.1, 0.15) is 18.9 Å². The molecule has 0 aliphatic heterocycles. The number of nitrogens with zero attached hydrogens (tertiary/aromatic N) is 2. The van der Waals surface area contributed by atoms with Crippen LogP contribution in [0.3, 0.4) is 0 Å². The molecule has 0 atom stereocenters. The smallest absolute Gasteiger partial charge is 0.242 e. The van der Waals surface area contributed by atoms with Crippen molar-refractivity contribution in [2.24, 2.45) is 4.99 Å². The van der Waals surface area contributed by atoms with Crippen LogP contribution in [0.5, 0.6) is 0 Å². The Balaban J connectivity index is 2.52. The van der Waals surface area contributed by atoms with Crippen molar-refractivity contribution in [3.63, 3.8) is 0 Å². The monoisotopic (exact) mass is 400 g/mol. The van der Waals surface area contributed by atoms with E-state index < -0.39 is 10.0 Å². The van der Waals surface area contributed by atoms with E-state index in [0.29, 0.717) is 26.4 Å². The van der Waals surface area contributed by atoms with Gasteiger partial charge in [0.15, 0.2) is 5.96 Å². The molecule has 0 unspecified atom stereocenters. The van der Waals surface area contributed by atoms with Gasteiger partial charge in [0.05, 0.1) is 24.7 Å². The van der Waals surface area contributed by atoms with Crippen LogP contribution in [-0.4, -0.2) is 72.8 Å². The van der Waals surface area contributed by atoms with E-state index in [0.717, 1.165) is 31.0 Å². The minimum atomic E-state index is -3.40. The third-order valence-corrected chi connectivity index (χ3v) is 5.48. The van der Waals surface area contributed by atoms with Crippen molar-refractivity contribution in [3.8, 4) is 0 Å². The molecule has 0 amide bonds. The molecule has 27 heavy (non-hydrogen) atoms. The van der Waals surface area contributed by atoms with Crippen molar-refractivity contribution in [1.29, 1.82) is 0 Å². The van der Waals surface area contributed by atoms with Crippen LogP contribution in [0.25, 0.3) is 0 Å². The Hall–Kier alpha value is -1.68. The first-order chi connectivity index (χ1) is 12.9. The molecule has 0 aliphatic carbocycles. The molecule has 0 aliphatic rings. The van der Waals surface area contributed by atoms with E-state index in [9.17, 15) is 8.42 Å². The van der Waals surface area contributed by atoms with E-state index in [4.69, 9.17) is 9.47 Å². The van der Waals surface area contributed by atoms with Gasteiger partial charge in [-0.2, -0.15) is 0 Å². The molecular weight excluding hydrogens is 368 g/mol. The summed E-state index contributed by atoms with van der Waals surface area (Å²) >= 11 is 0. The van der Waals surface area contributed by atoms with Gasteiger partial charge in [-0.3, -0.25) is 0 Å². The highest BCUT2D eigenvalue weighted by molar-refractivity contribution is 7.89. The Labute approximate surface area is 163 Å². The zero-order valence-electron chi connectivity index (χ0n) is 16.7. The van der Waals surface area contributed by atoms with Gasteiger partial charge in [0.2, 0.25) is 10.0 Å². The highest BCUT2D eigenvalue weighted by atomic mass is 32.2. The Morgan fingerprint density at radius 1 is 1.11 bits per heavy atom. The van der Waals surface area contributed by atoms with Gasteiger partial charge in [-0.05, 0) is 31.0 Å². The van der Waals surface area contributed by atoms with Crippen LogP contribution in [-0.2, 0) is 26.0 Å². The zero-order chi connectivity index (χ0) is 20.1. The molecular formula is C18H32N4O4S. The lowest BCUT2D eigenvalue weighted by molar-refractivity contribution is 0.0698. The van der Waals surface area contributed by atoms with Crippen LogP contribution in [0.4, 0.5) is 0 Å². The summed E-state index contributed by atoms with van der Waals surface area (Å²) in [7, 11) is 1.28. The summed E-state index contributed by atoms with van der Waals surface area (Å²) in [5.74, 6) is 0.722. The lowest BCUT2D eigenvalue weighted by Gasteiger charge is -2.12. The molecule has 0 bridgehead atoms. The Bertz CT molecular complexity index is 660. The molecule has 154 valence electrons. The summed E-state index contributed by atoms with van der Waals surface area (Å²) < 4.78 is 35.7. The van der Waals surface area contributed by atoms with E-state index in [2.05, 4.69) is 15.6 Å². The maximum atomic E-state index is 12.1. The summed E-state index contributed by atoms with van der Waals surface area (Å²) in [5, 5.41) is 6.45. The third kappa shape index (κ3) is 8.70. The van der Waals surface area contributed by atoms with E-state index in [1.54, 1.807) is 31.4 Å². The lowest BCUT2D eigenvalue weighted by Crippen LogP contribution is -2.38. The van der Waals surface area contributed by atoms with Crippen LogP contribution >= 0.6 is 0 Å². The van der Waals surface area contributed by atoms with Gasteiger partial charge in [-0.25, -0.2) is 17.7 Å². The Morgan fingerprint density at radius 2 is 1.81 bits per heavy atom. The van der Waals surface area contributed by atoms with Crippen LogP contribution in [0.2, 0.25) is 0 Å². The second kappa shape index (κ2) is 12.7. The maximum absolute atomic E-state index is 12.1. The lowest BCUT2D eigenvalue weighted by atomic mass is 10.2. The molecule has 0 spiro atoms. The summed E-state index contributed by atoms with van der Waals surface area (Å²) in [6.07, 6.45) is 0.866. The van der Waals surface area contributed by atoms with Gasteiger partial charge in [-0.1, -0.05) is 12.1 Å². The number of nitrogens with one attached hydrogen (secondary N) is 2. The molecule has 0 radical (unpaired) electrons. The third-order valence-electron chi connectivity index (χ3n) is 3.66. The molecule has 0 heterocycles. The van der Waals surface area contributed by atoms with Gasteiger partial charge in [0.1, 0.15) is 0 Å². The van der Waals surface area contributed by atoms with Crippen LogP contribution < -0.4 is 10.6 Å². The standard InChI is InChI=1S/C18H32N4O4S/c1-5-19-18(20-11-6-12-26-14-13-25-4)21-15-16-7-9-17(10-8-16)27(23,24)22(2)3/h7-10H,5-6,11-15H2,1-4H3,(H2,19,20,21). The second-order valence-electron chi connectivity index (χ2n) is 6.01. The van der Waals surface area contributed by atoms with Crippen molar-refractivity contribution >= 4 is 16.0 Å². The summed E-state index contributed by atoms with van der Waals surface area (Å²) in [6, 6.07) is 6.79. The molecule has 2 N–H and O–H groups in total. The number of sulfonamides is 1. The second-order valence-corrected chi connectivity index (χ2v) is 8.16. The Kier molecular flexibility index (Phi) is 11.0. The van der Waals surface area contributed by atoms with Crippen molar-refractivity contribution < 1.29 is 17.9 Å². The van der Waals surface area contributed by atoms with Gasteiger partial charge >= 0.3 is 0 Å². The first kappa shape index (κ1) is 23.4. The average Bonchev–Trinajstić information content (AvgIpc) is 2.65. The molecule has 1 aromatic rings. The number of aliphatic imine (C=N–C) groups is 1. The Morgan fingerprint density at radius 3 is 2.41 bits per heavy atom. The molecule has 0 aromatic heterocycles. The predicted octanol–water partition coefficient (Wildman–Crippen LogP) is 1.05. The molecule has 1 aromatic carbocycles. The molecule has 8 nitrogen and oxygen atoms in total. The fourth-order valence-corrected chi connectivity index (χ4v) is 3.02. The fraction of sp³-hybridized carbons (Fsp3) is 0.611. The topological polar surface area (TPSA) is 92.3 Å². The number of hydrogen-bond donors (Lipinski definition) is 2. The SMILES string of the molecule is CCNC(=NCc1ccc(S(=O)(=O)N(C)C)cc1)NCCCOCCOC. The van der Waals surface area contributed by atoms with E-state index in [1.165, 1.54) is 18.4 Å². The minimum Gasteiger partial charge on any atom is -0.382 e.